The first-order valence-corrected chi connectivity index (χ1v) is 12.0. The Morgan fingerprint density at radius 2 is 1.91 bits per heavy atom. The van der Waals surface area contributed by atoms with Gasteiger partial charge in [-0.25, -0.2) is 5.06 Å². The van der Waals surface area contributed by atoms with Gasteiger partial charge in [-0.1, -0.05) is 55.5 Å². The average Bonchev–Trinajstić information content (AvgIpc) is 3.47. The monoisotopic (exact) mass is 430 g/mol. The number of carbonyl (C=O) groups is 1. The summed E-state index contributed by atoms with van der Waals surface area (Å²) in [6, 6.07) is 17.8. The summed E-state index contributed by atoms with van der Waals surface area (Å²) < 4.78 is 0. The molecule has 4 heteroatoms. The molecule has 1 saturated heterocycles. The molecule has 0 radical (unpaired) electrons. The van der Waals surface area contributed by atoms with Gasteiger partial charge in [-0.2, -0.15) is 0 Å². The van der Waals surface area contributed by atoms with E-state index in [-0.39, 0.29) is 11.3 Å². The van der Waals surface area contributed by atoms with Gasteiger partial charge in [-0.15, -0.1) is 0 Å². The molecule has 2 aromatic carbocycles. The molecule has 168 valence electrons. The number of rotatable bonds is 4. The standard InChI is InChI=1S/C28H34N2O2/c1-20-19-30(17-16-28(20)15-14-22-6-4-5-7-26(22)28)25-13-12-24(18-25)21-8-10-23(11-9-21)27(31)29(2)32-3/h4-11,14-15,20,24-25H,12-13,16-19H2,1-3H3/t20-,24?,25?,28?/m0/s1. The van der Waals surface area contributed by atoms with Crippen LogP contribution in [0.25, 0.3) is 6.08 Å². The number of benzene rings is 2. The molecule has 3 aliphatic rings. The van der Waals surface area contributed by atoms with Gasteiger partial charge in [0.05, 0.1) is 7.11 Å². The maximum Gasteiger partial charge on any atom is 0.277 e. The average molecular weight is 431 g/mol. The van der Waals surface area contributed by atoms with Gasteiger partial charge in [0.1, 0.15) is 0 Å². The lowest BCUT2D eigenvalue weighted by Gasteiger charge is -2.46. The topological polar surface area (TPSA) is 32.8 Å². The van der Waals surface area contributed by atoms with Crippen LogP contribution in [0.5, 0.6) is 0 Å². The summed E-state index contributed by atoms with van der Waals surface area (Å²) in [6.45, 7) is 4.79. The summed E-state index contributed by atoms with van der Waals surface area (Å²) in [4.78, 5) is 20.0. The number of piperidine rings is 1. The van der Waals surface area contributed by atoms with E-state index in [1.807, 2.05) is 12.1 Å². The zero-order chi connectivity index (χ0) is 22.3. The Morgan fingerprint density at radius 3 is 2.66 bits per heavy atom. The third-order valence-corrected chi connectivity index (χ3v) is 8.33. The molecule has 0 N–H and O–H groups in total. The summed E-state index contributed by atoms with van der Waals surface area (Å²) in [5.41, 5.74) is 5.20. The Labute approximate surface area is 191 Å². The molecule has 32 heavy (non-hydrogen) atoms. The van der Waals surface area contributed by atoms with E-state index in [1.165, 1.54) is 67.6 Å². The first kappa shape index (κ1) is 21.4. The molecule has 2 fully saturated rings. The minimum atomic E-state index is -0.109. The fraction of sp³-hybridized carbons (Fsp3) is 0.464. The van der Waals surface area contributed by atoms with E-state index < -0.39 is 0 Å². The minimum Gasteiger partial charge on any atom is -0.300 e. The molecule has 4 nitrogen and oxygen atoms in total. The van der Waals surface area contributed by atoms with Gasteiger partial charge in [-0.05, 0) is 72.9 Å². The third-order valence-electron chi connectivity index (χ3n) is 8.33. The molecule has 2 aromatic rings. The SMILES string of the molecule is CON(C)C(=O)c1ccc(C2CCC(N3CCC4(C=Cc5ccccc54)[C@@H](C)C3)C2)cc1. The highest BCUT2D eigenvalue weighted by Crippen LogP contribution is 2.48. The number of hydrogen-bond donors (Lipinski definition) is 0. The zero-order valence-corrected chi connectivity index (χ0v) is 19.5. The maximum absolute atomic E-state index is 12.3. The second kappa shape index (κ2) is 8.49. The molecule has 1 aliphatic heterocycles. The Morgan fingerprint density at radius 1 is 1.12 bits per heavy atom. The van der Waals surface area contributed by atoms with Crippen molar-refractivity contribution in [1.82, 2.24) is 9.96 Å². The number of hydrogen-bond acceptors (Lipinski definition) is 3. The van der Waals surface area contributed by atoms with Crippen LogP contribution >= 0.6 is 0 Å². The van der Waals surface area contributed by atoms with Crippen molar-refractivity contribution in [2.75, 3.05) is 27.2 Å². The number of carbonyl (C=O) groups excluding carboxylic acids is 1. The maximum atomic E-state index is 12.3. The van der Waals surface area contributed by atoms with Gasteiger partial charge in [0, 0.05) is 30.6 Å². The van der Waals surface area contributed by atoms with Crippen molar-refractivity contribution in [1.29, 1.82) is 0 Å². The molecular formula is C28H34N2O2. The van der Waals surface area contributed by atoms with Gasteiger partial charge in [0.25, 0.3) is 5.91 Å². The van der Waals surface area contributed by atoms with Crippen LogP contribution in [-0.2, 0) is 10.3 Å². The number of likely N-dealkylation sites (tertiary alicyclic amines) is 1. The van der Waals surface area contributed by atoms with Crippen molar-refractivity contribution in [2.24, 2.45) is 5.92 Å². The van der Waals surface area contributed by atoms with Crippen molar-refractivity contribution in [3.63, 3.8) is 0 Å². The highest BCUT2D eigenvalue weighted by Gasteiger charge is 2.45. The Balaban J connectivity index is 1.23. The highest BCUT2D eigenvalue weighted by molar-refractivity contribution is 5.93. The normalized spacial score (nSPS) is 29.4. The molecule has 0 bridgehead atoms. The van der Waals surface area contributed by atoms with Crippen molar-refractivity contribution < 1.29 is 9.63 Å². The molecule has 1 amide bonds. The lowest BCUT2D eigenvalue weighted by atomic mass is 9.68. The molecule has 1 heterocycles. The molecular weight excluding hydrogens is 396 g/mol. The fourth-order valence-electron chi connectivity index (χ4n) is 6.31. The first-order chi connectivity index (χ1) is 15.5. The van der Waals surface area contributed by atoms with Gasteiger partial charge < -0.3 is 4.90 Å². The fourth-order valence-corrected chi connectivity index (χ4v) is 6.31. The van der Waals surface area contributed by atoms with E-state index >= 15 is 0 Å². The van der Waals surface area contributed by atoms with Crippen LogP contribution in [0.3, 0.4) is 0 Å². The van der Waals surface area contributed by atoms with Crippen LogP contribution in [0, 0.1) is 5.92 Å². The molecule has 3 unspecified atom stereocenters. The van der Waals surface area contributed by atoms with Crippen LogP contribution in [0.15, 0.2) is 54.6 Å². The number of fused-ring (bicyclic) bond motifs is 2. The van der Waals surface area contributed by atoms with Crippen LogP contribution in [0.4, 0.5) is 0 Å². The highest BCUT2D eigenvalue weighted by atomic mass is 16.7. The minimum absolute atomic E-state index is 0.109. The quantitative estimate of drug-likeness (QED) is 0.620. The summed E-state index contributed by atoms with van der Waals surface area (Å²) in [5, 5.41) is 1.27. The van der Waals surface area contributed by atoms with E-state index in [0.29, 0.717) is 23.4 Å². The third kappa shape index (κ3) is 3.60. The molecule has 1 spiro atoms. The van der Waals surface area contributed by atoms with E-state index in [1.54, 1.807) is 7.05 Å². The van der Waals surface area contributed by atoms with E-state index in [4.69, 9.17) is 4.84 Å². The second-order valence-corrected chi connectivity index (χ2v) is 9.88. The number of amides is 1. The second-order valence-electron chi connectivity index (χ2n) is 9.88. The van der Waals surface area contributed by atoms with Crippen LogP contribution < -0.4 is 0 Å². The Kier molecular flexibility index (Phi) is 5.68. The summed E-state index contributed by atoms with van der Waals surface area (Å²) in [5.74, 6) is 1.10. The Hall–Kier alpha value is -2.43. The van der Waals surface area contributed by atoms with Gasteiger partial charge in [0.15, 0.2) is 0 Å². The summed E-state index contributed by atoms with van der Waals surface area (Å²) in [6.07, 6.45) is 9.76. The van der Waals surface area contributed by atoms with E-state index in [0.717, 1.165) is 0 Å². The van der Waals surface area contributed by atoms with Crippen molar-refractivity contribution in [2.45, 2.75) is 50.0 Å². The summed E-state index contributed by atoms with van der Waals surface area (Å²) in [7, 11) is 3.15. The molecule has 0 aromatic heterocycles. The van der Waals surface area contributed by atoms with Crippen LogP contribution in [0.1, 0.15) is 65.6 Å². The Bertz CT molecular complexity index is 1010. The number of nitrogens with zero attached hydrogens (tertiary/aromatic N) is 2. The largest absolute Gasteiger partial charge is 0.300 e. The van der Waals surface area contributed by atoms with E-state index in [9.17, 15) is 4.79 Å². The first-order valence-electron chi connectivity index (χ1n) is 12.0. The number of hydroxylamine groups is 2. The predicted molar refractivity (Wildman–Crippen MR) is 128 cm³/mol. The lowest BCUT2D eigenvalue weighted by molar-refractivity contribution is -0.0757. The van der Waals surface area contributed by atoms with E-state index in [2.05, 4.69) is 60.4 Å². The smallest absolute Gasteiger partial charge is 0.277 e. The van der Waals surface area contributed by atoms with Gasteiger partial charge in [-0.3, -0.25) is 9.63 Å². The summed E-state index contributed by atoms with van der Waals surface area (Å²) >= 11 is 0. The molecule has 2 aliphatic carbocycles. The van der Waals surface area contributed by atoms with Crippen molar-refractivity contribution in [3.8, 4) is 0 Å². The van der Waals surface area contributed by atoms with Gasteiger partial charge >= 0.3 is 0 Å². The van der Waals surface area contributed by atoms with Gasteiger partial charge in [0.2, 0.25) is 0 Å². The lowest BCUT2D eigenvalue weighted by Crippen LogP contribution is -2.50. The van der Waals surface area contributed by atoms with Crippen LogP contribution in [0.2, 0.25) is 0 Å². The van der Waals surface area contributed by atoms with Crippen molar-refractivity contribution >= 4 is 12.0 Å². The zero-order valence-electron chi connectivity index (χ0n) is 19.5. The van der Waals surface area contributed by atoms with Crippen molar-refractivity contribution in [3.05, 3.63) is 76.9 Å². The van der Waals surface area contributed by atoms with Crippen LogP contribution in [-0.4, -0.2) is 49.2 Å². The number of allylic oxidation sites excluding steroid dienone is 1. The molecule has 4 atom stereocenters. The molecule has 5 rings (SSSR count). The molecule has 1 saturated carbocycles. The predicted octanol–water partition coefficient (Wildman–Crippen LogP) is 5.26.